The Morgan fingerprint density at radius 2 is 1.85 bits per heavy atom. The molecule has 33 heavy (non-hydrogen) atoms. The standard InChI is InChI=1S/C23H31N5O4S/c1-17-5-7-20(8-6-17)33(30,31)27-26-21(15-19-9-12-24-16-25-19)18-10-13-28(14-11-18)22(29)32-23(2,3)4/h5-9,12,16,18,27H,10-11,13-15H2,1-4H3/b26-21-. The summed E-state index contributed by atoms with van der Waals surface area (Å²) in [6.45, 7) is 8.42. The molecular formula is C23H31N5O4S. The van der Waals surface area contributed by atoms with Gasteiger partial charge in [-0.3, -0.25) is 0 Å². The third-order valence-corrected chi connectivity index (χ3v) is 6.49. The summed E-state index contributed by atoms with van der Waals surface area (Å²) in [7, 11) is -3.80. The number of nitrogens with zero attached hydrogens (tertiary/aromatic N) is 4. The van der Waals surface area contributed by atoms with Crippen LogP contribution in [0.2, 0.25) is 0 Å². The number of aryl methyl sites for hydroxylation is 1. The molecule has 1 amide bonds. The van der Waals surface area contributed by atoms with Crippen LogP contribution in [0.15, 0.2) is 52.9 Å². The smallest absolute Gasteiger partial charge is 0.410 e. The molecule has 0 aliphatic carbocycles. The lowest BCUT2D eigenvalue weighted by atomic mass is 9.89. The van der Waals surface area contributed by atoms with Crippen LogP contribution < -0.4 is 4.83 Å². The molecule has 1 saturated heterocycles. The molecule has 0 spiro atoms. The van der Waals surface area contributed by atoms with Crippen molar-refractivity contribution in [3.8, 4) is 0 Å². The highest BCUT2D eigenvalue weighted by atomic mass is 32.2. The minimum Gasteiger partial charge on any atom is -0.444 e. The molecule has 1 fully saturated rings. The lowest BCUT2D eigenvalue weighted by molar-refractivity contribution is 0.0201. The molecule has 1 aliphatic heterocycles. The van der Waals surface area contributed by atoms with E-state index in [-0.39, 0.29) is 16.9 Å². The fourth-order valence-electron chi connectivity index (χ4n) is 3.49. The number of carbonyl (C=O) groups is 1. The first-order chi connectivity index (χ1) is 15.5. The van der Waals surface area contributed by atoms with Gasteiger partial charge in [0.05, 0.1) is 4.90 Å². The number of hydrogen-bond acceptors (Lipinski definition) is 7. The largest absolute Gasteiger partial charge is 0.444 e. The Kier molecular flexibility index (Phi) is 7.68. The Bertz CT molecular complexity index is 1070. The molecule has 0 bridgehead atoms. The van der Waals surface area contributed by atoms with Gasteiger partial charge in [-0.1, -0.05) is 17.7 Å². The minimum atomic E-state index is -3.80. The van der Waals surface area contributed by atoms with E-state index in [2.05, 4.69) is 19.9 Å². The van der Waals surface area contributed by atoms with Gasteiger partial charge in [0.15, 0.2) is 0 Å². The molecule has 1 aromatic carbocycles. The summed E-state index contributed by atoms with van der Waals surface area (Å²) < 4.78 is 31.0. The van der Waals surface area contributed by atoms with Crippen LogP contribution in [0, 0.1) is 12.8 Å². The lowest BCUT2D eigenvalue weighted by Gasteiger charge is -2.33. The zero-order valence-corrected chi connectivity index (χ0v) is 20.3. The number of likely N-dealkylation sites (tertiary alicyclic amines) is 1. The summed E-state index contributed by atoms with van der Waals surface area (Å²) in [5.74, 6) is -0.000583. The van der Waals surface area contributed by atoms with Gasteiger partial charge in [0.25, 0.3) is 10.0 Å². The van der Waals surface area contributed by atoms with Crippen LogP contribution >= 0.6 is 0 Å². The molecule has 0 radical (unpaired) electrons. The highest BCUT2D eigenvalue weighted by molar-refractivity contribution is 7.89. The first kappa shape index (κ1) is 24.6. The second-order valence-corrected chi connectivity index (χ2v) is 10.8. The van der Waals surface area contributed by atoms with E-state index in [9.17, 15) is 13.2 Å². The van der Waals surface area contributed by atoms with Gasteiger partial charge in [0, 0.05) is 43.0 Å². The van der Waals surface area contributed by atoms with Gasteiger partial charge in [-0.25, -0.2) is 19.6 Å². The second-order valence-electron chi connectivity index (χ2n) is 9.13. The third-order valence-electron chi connectivity index (χ3n) is 5.26. The molecule has 10 heteroatoms. The maximum atomic E-state index is 12.7. The van der Waals surface area contributed by atoms with Crippen molar-refractivity contribution >= 4 is 21.8 Å². The quantitative estimate of drug-likeness (QED) is 0.509. The Morgan fingerprint density at radius 1 is 1.18 bits per heavy atom. The predicted molar refractivity (Wildman–Crippen MR) is 125 cm³/mol. The van der Waals surface area contributed by atoms with E-state index < -0.39 is 15.6 Å². The molecule has 9 nitrogen and oxygen atoms in total. The van der Waals surface area contributed by atoms with Gasteiger partial charge in [0.2, 0.25) is 0 Å². The SMILES string of the molecule is Cc1ccc(S(=O)(=O)N/N=C(/Cc2ccncn2)C2CCN(C(=O)OC(C)(C)C)CC2)cc1. The zero-order chi connectivity index (χ0) is 24.1. The average Bonchev–Trinajstić information content (AvgIpc) is 2.76. The number of hydrazone groups is 1. The van der Waals surface area contributed by atoms with Crippen LogP contribution in [0.25, 0.3) is 0 Å². The van der Waals surface area contributed by atoms with Gasteiger partial charge in [-0.15, -0.1) is 0 Å². The van der Waals surface area contributed by atoms with Gasteiger partial charge in [-0.05, 0) is 58.7 Å². The van der Waals surface area contributed by atoms with E-state index in [1.807, 2.05) is 27.7 Å². The molecule has 0 unspecified atom stereocenters. The number of amides is 1. The average molecular weight is 474 g/mol. The van der Waals surface area contributed by atoms with Gasteiger partial charge < -0.3 is 9.64 Å². The van der Waals surface area contributed by atoms with Crippen molar-refractivity contribution in [2.45, 2.75) is 57.5 Å². The molecule has 1 aliphatic rings. The highest BCUT2D eigenvalue weighted by Crippen LogP contribution is 2.23. The fourth-order valence-corrected chi connectivity index (χ4v) is 4.33. The molecule has 3 rings (SSSR count). The van der Waals surface area contributed by atoms with E-state index in [0.717, 1.165) is 11.3 Å². The molecule has 0 saturated carbocycles. The van der Waals surface area contributed by atoms with Gasteiger partial charge >= 0.3 is 6.09 Å². The lowest BCUT2D eigenvalue weighted by Crippen LogP contribution is -2.43. The Labute approximate surface area is 195 Å². The first-order valence-electron chi connectivity index (χ1n) is 10.9. The maximum absolute atomic E-state index is 12.7. The van der Waals surface area contributed by atoms with Crippen molar-refractivity contribution in [2.75, 3.05) is 13.1 Å². The van der Waals surface area contributed by atoms with Crippen molar-refractivity contribution in [1.82, 2.24) is 19.7 Å². The Balaban J connectivity index is 1.75. The van der Waals surface area contributed by atoms with E-state index in [4.69, 9.17) is 4.74 Å². The molecule has 1 aromatic heterocycles. The van der Waals surface area contributed by atoms with Crippen molar-refractivity contribution < 1.29 is 17.9 Å². The molecule has 2 aromatic rings. The number of nitrogens with one attached hydrogen (secondary N) is 1. The van der Waals surface area contributed by atoms with Gasteiger partial charge in [-0.2, -0.15) is 13.5 Å². The minimum absolute atomic E-state index is 0.000583. The number of sulfonamides is 1. The topological polar surface area (TPSA) is 114 Å². The van der Waals surface area contributed by atoms with E-state index in [0.29, 0.717) is 38.1 Å². The van der Waals surface area contributed by atoms with Crippen LogP contribution in [-0.4, -0.2) is 53.8 Å². The normalized spacial score (nSPS) is 15.9. The van der Waals surface area contributed by atoms with Crippen LogP contribution in [0.4, 0.5) is 4.79 Å². The van der Waals surface area contributed by atoms with Crippen molar-refractivity contribution in [1.29, 1.82) is 0 Å². The van der Waals surface area contributed by atoms with Gasteiger partial charge in [0.1, 0.15) is 11.9 Å². The van der Waals surface area contributed by atoms with Crippen molar-refractivity contribution in [3.05, 3.63) is 54.1 Å². The van der Waals surface area contributed by atoms with E-state index >= 15 is 0 Å². The summed E-state index contributed by atoms with van der Waals surface area (Å²) in [4.78, 5) is 24.8. The number of rotatable bonds is 6. The monoisotopic (exact) mass is 473 g/mol. The van der Waals surface area contributed by atoms with E-state index in [1.54, 1.807) is 41.4 Å². The van der Waals surface area contributed by atoms with Crippen LogP contribution in [0.3, 0.4) is 0 Å². The molecule has 2 heterocycles. The third kappa shape index (κ3) is 7.24. The Hall–Kier alpha value is -3.01. The fraction of sp³-hybridized carbons (Fsp3) is 0.478. The summed E-state index contributed by atoms with van der Waals surface area (Å²) in [5, 5.41) is 4.33. The van der Waals surface area contributed by atoms with Crippen LogP contribution in [0.5, 0.6) is 0 Å². The first-order valence-corrected chi connectivity index (χ1v) is 12.4. The van der Waals surface area contributed by atoms with E-state index in [1.165, 1.54) is 6.33 Å². The number of piperidine rings is 1. The number of carbonyl (C=O) groups excluding carboxylic acids is 1. The van der Waals surface area contributed by atoms with Crippen LogP contribution in [-0.2, 0) is 21.2 Å². The Morgan fingerprint density at radius 3 is 2.42 bits per heavy atom. The summed E-state index contributed by atoms with van der Waals surface area (Å²) in [5.41, 5.74) is 1.83. The molecule has 178 valence electrons. The zero-order valence-electron chi connectivity index (χ0n) is 19.5. The highest BCUT2D eigenvalue weighted by Gasteiger charge is 2.29. The second kappa shape index (κ2) is 10.3. The summed E-state index contributed by atoms with van der Waals surface area (Å²) in [6.07, 6.45) is 4.44. The molecule has 0 atom stereocenters. The van der Waals surface area contributed by atoms with Crippen molar-refractivity contribution in [3.63, 3.8) is 0 Å². The summed E-state index contributed by atoms with van der Waals surface area (Å²) in [6, 6.07) is 8.37. The molecular weight excluding hydrogens is 442 g/mol. The number of hydrogen-bond donors (Lipinski definition) is 1. The number of benzene rings is 1. The van der Waals surface area contributed by atoms with Crippen LogP contribution in [0.1, 0.15) is 44.9 Å². The number of ether oxygens (including phenoxy) is 1. The van der Waals surface area contributed by atoms with Crippen molar-refractivity contribution in [2.24, 2.45) is 11.0 Å². The predicted octanol–water partition coefficient (Wildman–Crippen LogP) is 3.31. The molecule has 1 N–H and O–H groups in total. The number of aromatic nitrogens is 2. The maximum Gasteiger partial charge on any atom is 0.410 e. The summed E-state index contributed by atoms with van der Waals surface area (Å²) >= 11 is 0.